The maximum absolute atomic E-state index is 13.2. The molecule has 6 rings (SSSR count). The number of methoxy groups -OCH3 is 2. The van der Waals surface area contributed by atoms with Crippen LogP contribution < -0.4 is 29.6 Å². The molecule has 0 aromatic heterocycles. The van der Waals surface area contributed by atoms with Gasteiger partial charge in [-0.15, -0.1) is 0 Å². The molecule has 1 unspecified atom stereocenters. The molecular weight excluding hydrogens is 586 g/mol. The Morgan fingerprint density at radius 2 is 1.84 bits per heavy atom. The Morgan fingerprint density at radius 1 is 1.00 bits per heavy atom. The number of hydrogen-bond acceptors (Lipinski definition) is 10. The minimum atomic E-state index is -0.734. The van der Waals surface area contributed by atoms with Gasteiger partial charge in [-0.3, -0.25) is 19.3 Å². The first-order valence-corrected chi connectivity index (χ1v) is 14.8. The van der Waals surface area contributed by atoms with Crippen LogP contribution in [0.2, 0.25) is 0 Å². The van der Waals surface area contributed by atoms with E-state index in [1.54, 1.807) is 29.2 Å². The lowest BCUT2D eigenvalue weighted by Gasteiger charge is -2.31. The van der Waals surface area contributed by atoms with Crippen LogP contribution in [0.15, 0.2) is 70.6 Å². The van der Waals surface area contributed by atoms with E-state index >= 15 is 0 Å². The summed E-state index contributed by atoms with van der Waals surface area (Å²) in [6, 6.07) is 17.3. The number of para-hydroxylation sites is 1. The van der Waals surface area contributed by atoms with Crippen molar-refractivity contribution < 1.29 is 33.3 Å². The van der Waals surface area contributed by atoms with Gasteiger partial charge in [-0.25, -0.2) is 4.99 Å². The molecule has 0 radical (unpaired) electrons. The third-order valence-corrected chi connectivity index (χ3v) is 8.15. The van der Waals surface area contributed by atoms with Crippen LogP contribution in [-0.4, -0.2) is 66.4 Å². The summed E-state index contributed by atoms with van der Waals surface area (Å²) in [4.78, 5) is 49.8. The van der Waals surface area contributed by atoms with E-state index in [1.165, 1.54) is 26.0 Å². The molecule has 12 nitrogen and oxygen atoms in total. The summed E-state index contributed by atoms with van der Waals surface area (Å²) in [5.74, 6) is 1.97. The maximum Gasteiger partial charge on any atom is 0.270 e. The summed E-state index contributed by atoms with van der Waals surface area (Å²) in [6.45, 7) is 0.486. The molecule has 226 valence electrons. The Morgan fingerprint density at radius 3 is 2.68 bits per heavy atom. The third-order valence-electron chi connectivity index (χ3n) is 7.19. The van der Waals surface area contributed by atoms with E-state index in [1.807, 2.05) is 36.4 Å². The Balaban J connectivity index is 1.12. The van der Waals surface area contributed by atoms with Gasteiger partial charge in [0.2, 0.25) is 18.6 Å². The van der Waals surface area contributed by atoms with Crippen LogP contribution in [0, 0.1) is 0 Å². The first kappa shape index (κ1) is 29.1. The highest BCUT2D eigenvalue weighted by atomic mass is 32.2. The Bertz CT molecular complexity index is 1690. The number of rotatable bonds is 10. The largest absolute Gasteiger partial charge is 0.497 e. The van der Waals surface area contributed by atoms with Gasteiger partial charge in [0, 0.05) is 24.6 Å². The van der Waals surface area contributed by atoms with E-state index in [-0.39, 0.29) is 43.1 Å². The quantitative estimate of drug-likeness (QED) is 0.348. The molecule has 3 aromatic carbocycles. The minimum absolute atomic E-state index is 0.00206. The van der Waals surface area contributed by atoms with Gasteiger partial charge in [-0.1, -0.05) is 30.0 Å². The lowest BCUT2D eigenvalue weighted by Crippen LogP contribution is -2.44. The number of amidine groups is 2. The average Bonchev–Trinajstić information content (AvgIpc) is 3.65. The van der Waals surface area contributed by atoms with E-state index in [2.05, 4.69) is 15.6 Å². The van der Waals surface area contributed by atoms with Crippen LogP contribution in [0.5, 0.6) is 23.0 Å². The second-order valence-corrected chi connectivity index (χ2v) is 10.9. The summed E-state index contributed by atoms with van der Waals surface area (Å²) >= 11 is 1.18. The van der Waals surface area contributed by atoms with Gasteiger partial charge in [-0.2, -0.15) is 4.99 Å². The Labute approximate surface area is 257 Å². The SMILES string of the molecule is COc1ccc(OC)c(NC(=O)CSC2=Nc3ccccc3C3=NC(=O)C(CCC(=O)NCc4ccc5c(c4)OCO5)N23)c1. The van der Waals surface area contributed by atoms with Crippen molar-refractivity contribution in [2.45, 2.75) is 25.4 Å². The number of thioether (sulfide) groups is 1. The second kappa shape index (κ2) is 12.7. The standard InChI is InChI=1S/C31H29N5O7S/c1-40-19-8-11-24(41-2)22(14-19)33-28(38)16-44-31-34-21-6-4-3-5-20(21)29-35-30(39)23(36(29)31)9-12-27(37)32-15-18-7-10-25-26(13-18)43-17-42-25/h3-8,10-11,13-14,23H,9,12,15-17H2,1-2H3,(H,32,37)(H,33,38). The van der Waals surface area contributed by atoms with Gasteiger partial charge in [0.1, 0.15) is 23.4 Å². The molecule has 0 aliphatic carbocycles. The van der Waals surface area contributed by atoms with Crippen LogP contribution in [0.25, 0.3) is 0 Å². The molecule has 0 fully saturated rings. The maximum atomic E-state index is 13.2. The number of nitrogens with one attached hydrogen (secondary N) is 2. The fourth-order valence-corrected chi connectivity index (χ4v) is 5.86. The number of anilines is 1. The van der Waals surface area contributed by atoms with Crippen molar-refractivity contribution in [3.8, 4) is 23.0 Å². The van der Waals surface area contributed by atoms with Crippen LogP contribution in [0.4, 0.5) is 11.4 Å². The molecule has 3 heterocycles. The lowest BCUT2D eigenvalue weighted by molar-refractivity contribution is -0.122. The summed E-state index contributed by atoms with van der Waals surface area (Å²) in [6.07, 6.45) is 0.309. The zero-order valence-corrected chi connectivity index (χ0v) is 24.8. The van der Waals surface area contributed by atoms with Crippen LogP contribution in [0.3, 0.4) is 0 Å². The molecular formula is C31H29N5O7S. The number of nitrogens with zero attached hydrogens (tertiary/aromatic N) is 3. The van der Waals surface area contributed by atoms with Gasteiger partial charge >= 0.3 is 0 Å². The molecule has 3 amide bonds. The highest BCUT2D eigenvalue weighted by Crippen LogP contribution is 2.36. The number of amides is 3. The number of ether oxygens (including phenoxy) is 4. The van der Waals surface area contributed by atoms with Crippen molar-refractivity contribution in [2.24, 2.45) is 9.98 Å². The highest BCUT2D eigenvalue weighted by molar-refractivity contribution is 8.14. The predicted octanol–water partition coefficient (Wildman–Crippen LogP) is 3.86. The monoisotopic (exact) mass is 615 g/mol. The fourth-order valence-electron chi connectivity index (χ4n) is 5.01. The molecule has 3 aromatic rings. The van der Waals surface area contributed by atoms with Gasteiger partial charge < -0.3 is 29.6 Å². The summed E-state index contributed by atoms with van der Waals surface area (Å²) in [5, 5.41) is 6.20. The molecule has 1 atom stereocenters. The van der Waals surface area contributed by atoms with E-state index in [0.29, 0.717) is 57.5 Å². The molecule has 13 heteroatoms. The van der Waals surface area contributed by atoms with E-state index in [9.17, 15) is 14.4 Å². The molecule has 0 saturated heterocycles. The Kier molecular flexibility index (Phi) is 8.37. The van der Waals surface area contributed by atoms with Crippen LogP contribution in [0.1, 0.15) is 24.0 Å². The van der Waals surface area contributed by atoms with Gasteiger partial charge in [0.25, 0.3) is 5.91 Å². The number of carbonyl (C=O) groups excluding carboxylic acids is 3. The minimum Gasteiger partial charge on any atom is -0.497 e. The highest BCUT2D eigenvalue weighted by Gasteiger charge is 2.41. The smallest absolute Gasteiger partial charge is 0.270 e. The van der Waals surface area contributed by atoms with Gasteiger partial charge in [0.15, 0.2) is 16.7 Å². The van der Waals surface area contributed by atoms with Crippen molar-refractivity contribution in [3.63, 3.8) is 0 Å². The van der Waals surface area contributed by atoms with Crippen molar-refractivity contribution in [1.29, 1.82) is 0 Å². The number of aliphatic imine (C=N–C) groups is 2. The molecule has 3 aliphatic rings. The average molecular weight is 616 g/mol. The normalized spacial score (nSPS) is 16.0. The van der Waals surface area contributed by atoms with Crippen molar-refractivity contribution in [2.75, 3.05) is 32.1 Å². The Hall–Kier alpha value is -5.04. The van der Waals surface area contributed by atoms with Crippen LogP contribution >= 0.6 is 11.8 Å². The summed E-state index contributed by atoms with van der Waals surface area (Å²) in [7, 11) is 3.06. The molecule has 44 heavy (non-hydrogen) atoms. The first-order chi connectivity index (χ1) is 21.4. The third kappa shape index (κ3) is 6.04. The number of benzene rings is 3. The number of fused-ring (bicyclic) bond motifs is 4. The van der Waals surface area contributed by atoms with Crippen molar-refractivity contribution >= 4 is 51.9 Å². The number of hydrogen-bond donors (Lipinski definition) is 2. The van der Waals surface area contributed by atoms with Crippen LogP contribution in [-0.2, 0) is 20.9 Å². The predicted molar refractivity (Wildman–Crippen MR) is 165 cm³/mol. The molecule has 0 spiro atoms. The molecule has 0 saturated carbocycles. The first-order valence-electron chi connectivity index (χ1n) is 13.8. The molecule has 0 bridgehead atoms. The van der Waals surface area contributed by atoms with Gasteiger partial charge in [-0.05, 0) is 48.4 Å². The summed E-state index contributed by atoms with van der Waals surface area (Å²) in [5.41, 5.74) is 2.70. The number of carbonyl (C=O) groups is 3. The zero-order chi connectivity index (χ0) is 30.6. The zero-order valence-electron chi connectivity index (χ0n) is 24.0. The van der Waals surface area contributed by atoms with E-state index in [0.717, 1.165) is 5.56 Å². The van der Waals surface area contributed by atoms with Crippen molar-refractivity contribution in [3.05, 3.63) is 71.8 Å². The van der Waals surface area contributed by atoms with E-state index < -0.39 is 6.04 Å². The topological polar surface area (TPSA) is 140 Å². The lowest BCUT2D eigenvalue weighted by atomic mass is 10.1. The van der Waals surface area contributed by atoms with Gasteiger partial charge in [0.05, 0.1) is 31.3 Å². The molecule has 3 aliphatic heterocycles. The molecule has 2 N–H and O–H groups in total. The second-order valence-electron chi connectivity index (χ2n) is 9.98. The van der Waals surface area contributed by atoms with Crippen molar-refractivity contribution in [1.82, 2.24) is 10.2 Å². The fraction of sp³-hybridized carbons (Fsp3) is 0.258. The van der Waals surface area contributed by atoms with E-state index in [4.69, 9.17) is 23.9 Å². The summed E-state index contributed by atoms with van der Waals surface area (Å²) < 4.78 is 21.4.